The summed E-state index contributed by atoms with van der Waals surface area (Å²) in [6.45, 7) is 0. The number of hydrogen-bond acceptors (Lipinski definition) is 4. The predicted molar refractivity (Wildman–Crippen MR) is 86.3 cm³/mol. The number of azo groups is 1. The van der Waals surface area contributed by atoms with E-state index in [1.54, 1.807) is 18.4 Å². The zero-order valence-corrected chi connectivity index (χ0v) is 11.8. The Morgan fingerprint density at radius 1 is 0.818 bits per heavy atom. The highest BCUT2D eigenvalue weighted by atomic mass is 16.3. The number of anilines is 1. The lowest BCUT2D eigenvalue weighted by atomic mass is 10.3. The van der Waals surface area contributed by atoms with Crippen molar-refractivity contribution in [3.8, 4) is 0 Å². The maximum absolute atomic E-state index is 5.35. The molecule has 0 aliphatic rings. The maximum Gasteiger partial charge on any atom is 0.236 e. The maximum atomic E-state index is 5.35. The summed E-state index contributed by atoms with van der Waals surface area (Å²) in [5, 5.41) is 12.6. The van der Waals surface area contributed by atoms with Crippen molar-refractivity contribution in [2.75, 3.05) is 5.43 Å². The first-order valence-electron chi connectivity index (χ1n) is 6.81. The van der Waals surface area contributed by atoms with Crippen molar-refractivity contribution in [3.05, 3.63) is 84.8 Å². The highest BCUT2D eigenvalue weighted by Gasteiger charge is 2.05. The molecule has 0 radical (unpaired) electrons. The first-order valence-corrected chi connectivity index (χ1v) is 6.81. The van der Waals surface area contributed by atoms with E-state index in [2.05, 4.69) is 20.8 Å². The predicted octanol–water partition coefficient (Wildman–Crippen LogP) is 4.84. The lowest BCUT2D eigenvalue weighted by molar-refractivity contribution is 0.556. The quantitative estimate of drug-likeness (QED) is 0.323. The van der Waals surface area contributed by atoms with Gasteiger partial charge in [0.1, 0.15) is 0 Å². The van der Waals surface area contributed by atoms with E-state index < -0.39 is 0 Å². The fourth-order valence-electron chi connectivity index (χ4n) is 1.76. The fourth-order valence-corrected chi connectivity index (χ4v) is 1.76. The number of hydrazone groups is 1. The van der Waals surface area contributed by atoms with Crippen molar-refractivity contribution in [2.45, 2.75) is 0 Å². The van der Waals surface area contributed by atoms with E-state index >= 15 is 0 Å². The molecule has 0 bridgehead atoms. The smallest absolute Gasteiger partial charge is 0.236 e. The SMILES string of the molecule is c1ccc(N=NC(=NNc2ccccc2)c2ccco2)cc1. The molecule has 0 atom stereocenters. The lowest BCUT2D eigenvalue weighted by Crippen LogP contribution is -1.99. The van der Waals surface area contributed by atoms with E-state index in [1.807, 2.05) is 60.7 Å². The highest BCUT2D eigenvalue weighted by Crippen LogP contribution is 2.13. The van der Waals surface area contributed by atoms with E-state index in [1.165, 1.54) is 0 Å². The number of rotatable bonds is 4. The van der Waals surface area contributed by atoms with Gasteiger partial charge in [-0.2, -0.15) is 0 Å². The molecule has 0 amide bonds. The second kappa shape index (κ2) is 6.99. The van der Waals surface area contributed by atoms with Gasteiger partial charge in [0, 0.05) is 0 Å². The summed E-state index contributed by atoms with van der Waals surface area (Å²) in [5.41, 5.74) is 4.56. The summed E-state index contributed by atoms with van der Waals surface area (Å²) in [5.74, 6) is 0.917. The van der Waals surface area contributed by atoms with Crippen molar-refractivity contribution in [1.82, 2.24) is 0 Å². The van der Waals surface area contributed by atoms with Gasteiger partial charge in [0.2, 0.25) is 5.84 Å². The van der Waals surface area contributed by atoms with Crippen LogP contribution in [0.2, 0.25) is 0 Å². The molecule has 22 heavy (non-hydrogen) atoms. The number of amidine groups is 1. The van der Waals surface area contributed by atoms with Gasteiger partial charge in [-0.3, -0.25) is 5.43 Å². The molecule has 0 aliphatic heterocycles. The van der Waals surface area contributed by atoms with Gasteiger partial charge in [-0.05, 0) is 36.4 Å². The molecule has 1 heterocycles. The molecule has 1 aromatic heterocycles. The van der Waals surface area contributed by atoms with Crippen LogP contribution < -0.4 is 5.43 Å². The molecule has 0 saturated heterocycles. The Bertz CT molecular complexity index is 750. The van der Waals surface area contributed by atoms with Gasteiger partial charge >= 0.3 is 0 Å². The van der Waals surface area contributed by atoms with Gasteiger partial charge in [-0.15, -0.1) is 15.3 Å². The van der Waals surface area contributed by atoms with E-state index in [9.17, 15) is 0 Å². The van der Waals surface area contributed by atoms with Crippen molar-refractivity contribution in [3.63, 3.8) is 0 Å². The number of furan rings is 1. The Hall–Kier alpha value is -3.21. The number of hydrogen-bond donors (Lipinski definition) is 1. The minimum absolute atomic E-state index is 0.373. The third kappa shape index (κ3) is 3.67. The van der Waals surface area contributed by atoms with Gasteiger partial charge in [-0.25, -0.2) is 0 Å². The lowest BCUT2D eigenvalue weighted by Gasteiger charge is -2.00. The summed E-state index contributed by atoms with van der Waals surface area (Å²) in [6.07, 6.45) is 1.57. The van der Waals surface area contributed by atoms with Crippen LogP contribution in [0.4, 0.5) is 11.4 Å². The molecule has 5 heteroatoms. The van der Waals surface area contributed by atoms with Crippen LogP contribution in [0.5, 0.6) is 0 Å². The van der Waals surface area contributed by atoms with Crippen LogP contribution in [-0.2, 0) is 0 Å². The van der Waals surface area contributed by atoms with E-state index in [0.29, 0.717) is 11.6 Å². The summed E-state index contributed by atoms with van der Waals surface area (Å²) in [6, 6.07) is 22.7. The Labute approximate surface area is 128 Å². The molecular formula is C17H14N4O. The first-order chi connectivity index (χ1) is 10.9. The first kappa shape index (κ1) is 13.8. The number of nitrogens with one attached hydrogen (secondary N) is 1. The summed E-state index contributed by atoms with van der Waals surface area (Å²) in [7, 11) is 0. The normalized spacial score (nSPS) is 11.7. The van der Waals surface area contributed by atoms with Gasteiger partial charge in [0.25, 0.3) is 0 Å². The van der Waals surface area contributed by atoms with Gasteiger partial charge < -0.3 is 4.42 Å². The minimum Gasteiger partial charge on any atom is -0.461 e. The molecule has 0 aliphatic carbocycles. The largest absolute Gasteiger partial charge is 0.461 e. The van der Waals surface area contributed by atoms with E-state index in [4.69, 9.17) is 4.42 Å². The second-order valence-corrected chi connectivity index (χ2v) is 4.43. The van der Waals surface area contributed by atoms with E-state index in [0.717, 1.165) is 11.4 Å². The molecule has 0 fully saturated rings. The van der Waals surface area contributed by atoms with Crippen LogP contribution in [0, 0.1) is 0 Å². The molecule has 0 unspecified atom stereocenters. The number of para-hydroxylation sites is 1. The van der Waals surface area contributed by atoms with Gasteiger partial charge in [-0.1, -0.05) is 36.4 Å². The zero-order chi connectivity index (χ0) is 15.0. The molecular weight excluding hydrogens is 276 g/mol. The monoisotopic (exact) mass is 290 g/mol. The highest BCUT2D eigenvalue weighted by molar-refractivity contribution is 5.97. The van der Waals surface area contributed by atoms with Crippen LogP contribution in [0.25, 0.3) is 0 Å². The molecule has 1 N–H and O–H groups in total. The van der Waals surface area contributed by atoms with Crippen LogP contribution in [0.1, 0.15) is 5.76 Å². The fraction of sp³-hybridized carbons (Fsp3) is 0. The van der Waals surface area contributed by atoms with Gasteiger partial charge in [0.15, 0.2) is 5.76 Å². The molecule has 108 valence electrons. The second-order valence-electron chi connectivity index (χ2n) is 4.43. The van der Waals surface area contributed by atoms with Crippen molar-refractivity contribution in [1.29, 1.82) is 0 Å². The Kier molecular flexibility index (Phi) is 4.37. The van der Waals surface area contributed by atoms with Crippen LogP contribution >= 0.6 is 0 Å². The van der Waals surface area contributed by atoms with Crippen molar-refractivity contribution >= 4 is 17.2 Å². The van der Waals surface area contributed by atoms with Crippen molar-refractivity contribution < 1.29 is 4.42 Å². The molecule has 5 nitrogen and oxygen atoms in total. The van der Waals surface area contributed by atoms with Crippen molar-refractivity contribution in [2.24, 2.45) is 15.3 Å². The zero-order valence-electron chi connectivity index (χ0n) is 11.8. The molecule has 3 rings (SSSR count). The topological polar surface area (TPSA) is 62.2 Å². The number of benzene rings is 2. The summed E-state index contributed by atoms with van der Waals surface area (Å²) in [4.78, 5) is 0. The van der Waals surface area contributed by atoms with Gasteiger partial charge in [0.05, 0.1) is 17.6 Å². The summed E-state index contributed by atoms with van der Waals surface area (Å²) >= 11 is 0. The molecule has 3 aromatic rings. The van der Waals surface area contributed by atoms with E-state index in [-0.39, 0.29) is 0 Å². The Balaban J connectivity index is 1.83. The Morgan fingerprint density at radius 2 is 1.55 bits per heavy atom. The van der Waals surface area contributed by atoms with Crippen LogP contribution in [0.15, 0.2) is 98.8 Å². The standard InChI is InChI=1S/C17H14N4O/c1-3-8-14(9-4-1)18-20-17(16-12-7-13-22-16)21-19-15-10-5-2-6-11-15/h1-13,18H. The minimum atomic E-state index is 0.373. The molecule has 2 aromatic carbocycles. The summed E-state index contributed by atoms with van der Waals surface area (Å²) < 4.78 is 5.35. The Morgan fingerprint density at radius 3 is 2.23 bits per heavy atom. The molecule has 0 saturated carbocycles. The average Bonchev–Trinajstić information content (AvgIpc) is 3.11. The van der Waals surface area contributed by atoms with Crippen LogP contribution in [0.3, 0.4) is 0 Å². The van der Waals surface area contributed by atoms with Crippen LogP contribution in [-0.4, -0.2) is 5.84 Å². The number of nitrogens with zero attached hydrogens (tertiary/aromatic N) is 3. The third-order valence-electron chi connectivity index (χ3n) is 2.82. The third-order valence-corrected chi connectivity index (χ3v) is 2.82. The molecule has 0 spiro atoms. The average molecular weight is 290 g/mol.